The number of ether oxygens (including phenoxy) is 8. The molecule has 0 spiro atoms. The number of nitrogens with zero attached hydrogens (tertiary/aromatic N) is 4. The van der Waals surface area contributed by atoms with Crippen LogP contribution in [0.1, 0.15) is 101 Å². The van der Waals surface area contributed by atoms with E-state index in [4.69, 9.17) is 37.9 Å². The fraction of sp³-hybridized carbons (Fsp3) is 0.559. The number of ketones is 1. The molecule has 20 nitrogen and oxygen atoms in total. The molecular weight excluding hydrogens is 1120 g/mol. The molecule has 3 aliphatic rings. The Hall–Kier alpha value is -6.62. The van der Waals surface area contributed by atoms with Crippen molar-refractivity contribution in [3.63, 3.8) is 0 Å². The monoisotopic (exact) mass is 1220 g/mol. The van der Waals surface area contributed by atoms with Crippen LogP contribution in [0.15, 0.2) is 97.1 Å². The van der Waals surface area contributed by atoms with Crippen molar-refractivity contribution in [3.8, 4) is 22.3 Å². The Kier molecular flexibility index (Phi) is 27.8. The molecule has 2 amide bonds. The first-order valence-corrected chi connectivity index (χ1v) is 31.2. The maximum atomic E-state index is 13.5. The maximum absolute atomic E-state index is 13.5. The Balaban J connectivity index is 0.783. The van der Waals surface area contributed by atoms with E-state index in [1.54, 1.807) is 0 Å². The van der Waals surface area contributed by atoms with Gasteiger partial charge in [0.15, 0.2) is 0 Å². The van der Waals surface area contributed by atoms with Crippen molar-refractivity contribution in [2.24, 2.45) is 0 Å². The van der Waals surface area contributed by atoms with Gasteiger partial charge in [-0.3, -0.25) is 43.6 Å². The molecule has 0 unspecified atom stereocenters. The molecule has 0 aromatic heterocycles. The van der Waals surface area contributed by atoms with E-state index in [1.807, 2.05) is 105 Å². The van der Waals surface area contributed by atoms with E-state index >= 15 is 0 Å². The van der Waals surface area contributed by atoms with Gasteiger partial charge >= 0.3 is 24.0 Å². The first kappa shape index (κ1) is 68.9. The van der Waals surface area contributed by atoms with Crippen molar-refractivity contribution in [3.05, 3.63) is 119 Å². The van der Waals surface area contributed by atoms with Crippen LogP contribution in [-0.2, 0) is 61.9 Å². The van der Waals surface area contributed by atoms with Gasteiger partial charge in [-0.2, -0.15) is 0 Å². The number of esters is 3. The number of carbonyl (C=O) groups excluding carboxylic acids is 6. The minimum absolute atomic E-state index is 0.0177. The summed E-state index contributed by atoms with van der Waals surface area (Å²) in [4.78, 5) is 86.7. The maximum Gasteiger partial charge on any atom is 0.407 e. The topological polar surface area (TPSA) is 213 Å². The lowest BCUT2D eigenvalue weighted by atomic mass is 9.98. The molecule has 4 aromatic rings. The van der Waals surface area contributed by atoms with Crippen molar-refractivity contribution in [1.29, 1.82) is 0 Å². The fourth-order valence-corrected chi connectivity index (χ4v) is 11.1. The molecule has 7 rings (SSSR count). The van der Waals surface area contributed by atoms with Gasteiger partial charge in [0.05, 0.1) is 65.8 Å². The predicted octanol–water partition coefficient (Wildman–Crippen LogP) is 7.10. The summed E-state index contributed by atoms with van der Waals surface area (Å²) in [5.74, 6) is -1.15. The second-order valence-electron chi connectivity index (χ2n) is 24.5. The third-order valence-electron chi connectivity index (χ3n) is 15.2. The van der Waals surface area contributed by atoms with Crippen molar-refractivity contribution in [2.45, 2.75) is 90.3 Å². The number of benzene rings is 4. The van der Waals surface area contributed by atoms with Gasteiger partial charge in [-0.05, 0) is 98.9 Å². The van der Waals surface area contributed by atoms with Crippen LogP contribution in [0, 0.1) is 0 Å². The van der Waals surface area contributed by atoms with E-state index in [9.17, 15) is 28.8 Å². The average molecular weight is 1220 g/mol. The Morgan fingerprint density at radius 2 is 0.761 bits per heavy atom. The number of Topliss-reactive ketones (excluding diaryl/α,β-unsaturated/α-hetero) is 1. The van der Waals surface area contributed by atoms with E-state index in [-0.39, 0.29) is 107 Å². The summed E-state index contributed by atoms with van der Waals surface area (Å²) in [7, 11) is 0. The standard InChI is InChI=1S/C68H94N6O14/c1-67(2,3)87-64(78)47-73-33-29-71(45-51(75)17-15-37-81-41-44-84-40-28-70-66(80)86-50-61-58-24-13-9-20-54(58)55-21-10-14-25-59(55)61)30-34-74(48-65(79)88-68(4,5)6)36-32-72(31-35-73)46-62(76)69-27-39-83-43-42-82-38-16-26-63(77)85-49-60-56-22-11-7-18-52(56)53-19-8-12-23-57(53)60/h7-14,18-25,60-61H,15-17,26-50H2,1-6H3,(H,69,76)(H,70,80). The second kappa shape index (κ2) is 35.5. The van der Waals surface area contributed by atoms with Gasteiger partial charge in [0.25, 0.3) is 0 Å². The normalized spacial score (nSPS) is 15.4. The number of carbonyl (C=O) groups is 6. The molecule has 2 N–H and O–H groups in total. The molecule has 1 aliphatic heterocycles. The lowest BCUT2D eigenvalue weighted by molar-refractivity contribution is -0.157. The van der Waals surface area contributed by atoms with E-state index in [1.165, 1.54) is 33.4 Å². The van der Waals surface area contributed by atoms with Crippen molar-refractivity contribution >= 4 is 35.7 Å². The van der Waals surface area contributed by atoms with Crippen LogP contribution >= 0.6 is 0 Å². The predicted molar refractivity (Wildman–Crippen MR) is 335 cm³/mol. The Bertz CT molecular complexity index is 2570. The fourth-order valence-electron chi connectivity index (χ4n) is 11.1. The number of hydrogen-bond donors (Lipinski definition) is 2. The van der Waals surface area contributed by atoms with Gasteiger partial charge in [-0.1, -0.05) is 97.1 Å². The summed E-state index contributed by atoms with van der Waals surface area (Å²) >= 11 is 0. The van der Waals surface area contributed by atoms with Gasteiger partial charge in [-0.15, -0.1) is 0 Å². The molecule has 0 saturated carbocycles. The van der Waals surface area contributed by atoms with E-state index in [0.29, 0.717) is 118 Å². The van der Waals surface area contributed by atoms with Gasteiger partial charge < -0.3 is 48.5 Å². The summed E-state index contributed by atoms with van der Waals surface area (Å²) in [6.07, 6.45) is 1.10. The van der Waals surface area contributed by atoms with E-state index < -0.39 is 17.3 Å². The van der Waals surface area contributed by atoms with Crippen LogP contribution in [0.2, 0.25) is 0 Å². The van der Waals surface area contributed by atoms with Crippen LogP contribution < -0.4 is 10.6 Å². The highest BCUT2D eigenvalue weighted by molar-refractivity contribution is 5.81. The van der Waals surface area contributed by atoms with Gasteiger partial charge in [0.2, 0.25) is 5.91 Å². The van der Waals surface area contributed by atoms with E-state index in [0.717, 1.165) is 11.1 Å². The summed E-state index contributed by atoms with van der Waals surface area (Å²) in [5, 5.41) is 5.71. The zero-order chi connectivity index (χ0) is 62.7. The number of rotatable bonds is 32. The van der Waals surface area contributed by atoms with Crippen LogP contribution in [0.25, 0.3) is 22.3 Å². The number of alkyl carbamates (subject to hydrolysis) is 1. The average Bonchev–Trinajstić information content (AvgIpc) is 1.71. The molecule has 480 valence electrons. The third-order valence-corrected chi connectivity index (χ3v) is 15.2. The smallest absolute Gasteiger partial charge is 0.407 e. The summed E-state index contributed by atoms with van der Waals surface area (Å²) in [6, 6.07) is 32.9. The number of amides is 2. The van der Waals surface area contributed by atoms with Crippen LogP contribution in [0.5, 0.6) is 0 Å². The summed E-state index contributed by atoms with van der Waals surface area (Å²) < 4.78 is 45.7. The molecule has 0 radical (unpaired) electrons. The lowest BCUT2D eigenvalue weighted by Gasteiger charge is -2.34. The summed E-state index contributed by atoms with van der Waals surface area (Å²) in [6.45, 7) is 18.6. The van der Waals surface area contributed by atoms with Crippen molar-refractivity contribution in [1.82, 2.24) is 30.2 Å². The molecule has 1 fully saturated rings. The second-order valence-corrected chi connectivity index (χ2v) is 24.5. The van der Waals surface area contributed by atoms with Gasteiger partial charge in [-0.25, -0.2) is 4.79 Å². The molecule has 4 aromatic carbocycles. The van der Waals surface area contributed by atoms with Crippen molar-refractivity contribution < 1.29 is 66.7 Å². The Labute approximate surface area is 520 Å². The van der Waals surface area contributed by atoms with Crippen LogP contribution in [0.4, 0.5) is 4.79 Å². The minimum atomic E-state index is -0.681. The first-order valence-electron chi connectivity index (χ1n) is 31.2. The zero-order valence-electron chi connectivity index (χ0n) is 52.7. The van der Waals surface area contributed by atoms with E-state index in [2.05, 4.69) is 64.1 Å². The Morgan fingerprint density at radius 1 is 0.409 bits per heavy atom. The lowest BCUT2D eigenvalue weighted by Crippen LogP contribution is -2.50. The number of hydrogen-bond acceptors (Lipinski definition) is 18. The SMILES string of the molecule is CC(C)(C)OC(=O)CN1CCN(CC(=O)CCCOCCOCCNC(=O)OCC2c3ccccc3-c3ccccc32)CCN(CC(=O)OC(C)(C)C)CCN(CC(=O)NCCOCCOCCCC(=O)OCC2c3ccccc3-c3ccccc32)CC1. The van der Waals surface area contributed by atoms with Crippen molar-refractivity contribution in [2.75, 3.05) is 158 Å². The molecule has 20 heteroatoms. The molecule has 1 heterocycles. The number of fused-ring (bicyclic) bond motifs is 6. The Morgan fingerprint density at radius 3 is 1.18 bits per heavy atom. The minimum Gasteiger partial charge on any atom is -0.465 e. The largest absolute Gasteiger partial charge is 0.465 e. The molecule has 88 heavy (non-hydrogen) atoms. The molecular formula is C68H94N6O14. The highest BCUT2D eigenvalue weighted by atomic mass is 16.6. The summed E-state index contributed by atoms with van der Waals surface area (Å²) in [5.41, 5.74) is 8.00. The van der Waals surface area contributed by atoms with Crippen LogP contribution in [0.3, 0.4) is 0 Å². The molecule has 1 saturated heterocycles. The molecule has 0 atom stereocenters. The van der Waals surface area contributed by atoms with Gasteiger partial charge in [0.1, 0.15) is 30.2 Å². The zero-order valence-corrected chi connectivity index (χ0v) is 52.7. The number of nitrogens with one attached hydrogen (secondary N) is 2. The highest BCUT2D eigenvalue weighted by Gasteiger charge is 2.31. The highest BCUT2D eigenvalue weighted by Crippen LogP contribution is 2.45. The van der Waals surface area contributed by atoms with Gasteiger partial charge in [0, 0.05) is 103 Å². The first-order chi connectivity index (χ1) is 42.4. The molecule has 0 bridgehead atoms. The third kappa shape index (κ3) is 23.7. The molecule has 2 aliphatic carbocycles. The quantitative estimate of drug-likeness (QED) is 0.0284. The van der Waals surface area contributed by atoms with Crippen LogP contribution in [-0.4, -0.2) is 224 Å².